The minimum atomic E-state index is -0.648. The molecule has 0 spiro atoms. The van der Waals surface area contributed by atoms with Crippen LogP contribution >= 0.6 is 0 Å². The Morgan fingerprint density at radius 1 is 1.00 bits per heavy atom. The van der Waals surface area contributed by atoms with Crippen LogP contribution in [0.2, 0.25) is 0 Å². The van der Waals surface area contributed by atoms with Gasteiger partial charge in [0.1, 0.15) is 17.6 Å². The molecule has 0 aliphatic carbocycles. The second kappa shape index (κ2) is 9.41. The Kier molecular flexibility index (Phi) is 6.16. The van der Waals surface area contributed by atoms with E-state index in [-0.39, 0.29) is 17.4 Å². The highest BCUT2D eigenvalue weighted by Crippen LogP contribution is 2.40. The quantitative estimate of drug-likeness (QED) is 0.306. The van der Waals surface area contributed by atoms with Crippen LogP contribution in [0.25, 0.3) is 5.76 Å². The SMILES string of the molecule is CCc1ccc(C2C(=C(O)c3ccc4c(c3)CC(C)O4)C(=O)C(=O)N2CCc2ccccc2)cc1. The number of fused-ring (bicyclic) bond motifs is 1. The number of aryl methyl sites for hydroxylation is 1. The molecule has 178 valence electrons. The monoisotopic (exact) mass is 467 g/mol. The van der Waals surface area contributed by atoms with E-state index in [2.05, 4.69) is 6.92 Å². The largest absolute Gasteiger partial charge is 0.507 e. The van der Waals surface area contributed by atoms with E-state index < -0.39 is 17.7 Å². The van der Waals surface area contributed by atoms with Gasteiger partial charge in [-0.3, -0.25) is 9.59 Å². The summed E-state index contributed by atoms with van der Waals surface area (Å²) in [5, 5.41) is 11.4. The number of carbonyl (C=O) groups is 2. The Bertz CT molecular complexity index is 1290. The van der Waals surface area contributed by atoms with E-state index in [0.29, 0.717) is 18.5 Å². The molecule has 1 amide bonds. The molecule has 0 aromatic heterocycles. The van der Waals surface area contributed by atoms with Crippen LogP contribution in [0.5, 0.6) is 5.75 Å². The number of benzene rings is 3. The van der Waals surface area contributed by atoms with Gasteiger partial charge in [-0.25, -0.2) is 0 Å². The van der Waals surface area contributed by atoms with Gasteiger partial charge in [0.15, 0.2) is 0 Å². The number of Topliss-reactive ketones (excluding diaryl/α,β-unsaturated/α-hetero) is 1. The first kappa shape index (κ1) is 22.9. The van der Waals surface area contributed by atoms with Gasteiger partial charge in [0.2, 0.25) is 0 Å². The van der Waals surface area contributed by atoms with Gasteiger partial charge in [-0.2, -0.15) is 0 Å². The summed E-state index contributed by atoms with van der Waals surface area (Å²) in [4.78, 5) is 28.1. The first-order chi connectivity index (χ1) is 17.0. The van der Waals surface area contributed by atoms with Crippen LogP contribution in [-0.2, 0) is 28.9 Å². The minimum Gasteiger partial charge on any atom is -0.507 e. The molecule has 0 saturated carbocycles. The lowest BCUT2D eigenvalue weighted by Crippen LogP contribution is -2.31. The van der Waals surface area contributed by atoms with Crippen molar-refractivity contribution in [3.8, 4) is 5.75 Å². The van der Waals surface area contributed by atoms with E-state index in [0.717, 1.165) is 35.3 Å². The lowest BCUT2D eigenvalue weighted by Gasteiger charge is -2.25. The Morgan fingerprint density at radius 2 is 1.74 bits per heavy atom. The van der Waals surface area contributed by atoms with Gasteiger partial charge in [-0.1, -0.05) is 61.5 Å². The lowest BCUT2D eigenvalue weighted by atomic mass is 9.93. The Balaban J connectivity index is 1.57. The van der Waals surface area contributed by atoms with Crippen LogP contribution in [0.3, 0.4) is 0 Å². The molecule has 2 aliphatic rings. The van der Waals surface area contributed by atoms with Crippen LogP contribution in [0.15, 0.2) is 78.4 Å². The topological polar surface area (TPSA) is 66.8 Å². The van der Waals surface area contributed by atoms with Crippen molar-refractivity contribution in [3.05, 3.63) is 106 Å². The number of likely N-dealkylation sites (tertiary alicyclic amines) is 1. The molecule has 1 saturated heterocycles. The zero-order valence-electron chi connectivity index (χ0n) is 20.0. The third kappa shape index (κ3) is 4.34. The summed E-state index contributed by atoms with van der Waals surface area (Å²) in [6, 6.07) is 22.6. The van der Waals surface area contributed by atoms with Gasteiger partial charge < -0.3 is 14.7 Å². The predicted molar refractivity (Wildman–Crippen MR) is 135 cm³/mol. The molecular weight excluding hydrogens is 438 g/mol. The fourth-order valence-electron chi connectivity index (χ4n) is 5.01. The summed E-state index contributed by atoms with van der Waals surface area (Å²) in [6.07, 6.45) is 2.32. The van der Waals surface area contributed by atoms with Gasteiger partial charge in [0.05, 0.1) is 11.6 Å². The maximum atomic E-state index is 13.3. The molecule has 3 aromatic rings. The summed E-state index contributed by atoms with van der Waals surface area (Å²) < 4.78 is 5.78. The maximum Gasteiger partial charge on any atom is 0.295 e. The second-order valence-corrected chi connectivity index (χ2v) is 9.28. The van der Waals surface area contributed by atoms with Gasteiger partial charge >= 0.3 is 0 Å². The van der Waals surface area contributed by atoms with E-state index in [1.54, 1.807) is 11.0 Å². The molecule has 35 heavy (non-hydrogen) atoms. The molecule has 1 N–H and O–H groups in total. The predicted octanol–water partition coefficient (Wildman–Crippen LogP) is 5.24. The van der Waals surface area contributed by atoms with Crippen molar-refractivity contribution in [1.29, 1.82) is 0 Å². The average molecular weight is 468 g/mol. The maximum absolute atomic E-state index is 13.3. The molecule has 2 atom stereocenters. The number of hydrogen-bond acceptors (Lipinski definition) is 4. The van der Waals surface area contributed by atoms with Crippen LogP contribution in [-0.4, -0.2) is 34.3 Å². The van der Waals surface area contributed by atoms with E-state index in [4.69, 9.17) is 4.74 Å². The zero-order valence-corrected chi connectivity index (χ0v) is 20.0. The average Bonchev–Trinajstić information content (AvgIpc) is 3.38. The van der Waals surface area contributed by atoms with E-state index in [1.165, 1.54) is 5.56 Å². The second-order valence-electron chi connectivity index (χ2n) is 9.28. The molecule has 5 heteroatoms. The highest BCUT2D eigenvalue weighted by molar-refractivity contribution is 6.46. The van der Waals surface area contributed by atoms with Crippen molar-refractivity contribution in [1.82, 2.24) is 4.90 Å². The van der Waals surface area contributed by atoms with Crippen LogP contribution in [0, 0.1) is 0 Å². The summed E-state index contributed by atoms with van der Waals surface area (Å²) in [5.74, 6) is -0.572. The molecule has 2 aliphatic heterocycles. The molecule has 3 aromatic carbocycles. The summed E-state index contributed by atoms with van der Waals surface area (Å²) in [5.41, 5.74) is 4.72. The van der Waals surface area contributed by atoms with E-state index >= 15 is 0 Å². The zero-order chi connectivity index (χ0) is 24.5. The van der Waals surface area contributed by atoms with E-state index in [9.17, 15) is 14.7 Å². The summed E-state index contributed by atoms with van der Waals surface area (Å²) >= 11 is 0. The molecule has 2 heterocycles. The molecular formula is C30H29NO4. The number of aliphatic hydroxyl groups is 1. The molecule has 0 bridgehead atoms. The van der Waals surface area contributed by atoms with Crippen LogP contribution < -0.4 is 4.74 Å². The van der Waals surface area contributed by atoms with Crippen molar-refractivity contribution >= 4 is 17.4 Å². The number of ether oxygens (including phenoxy) is 1. The number of nitrogens with zero attached hydrogens (tertiary/aromatic N) is 1. The van der Waals surface area contributed by atoms with Crippen molar-refractivity contribution < 1.29 is 19.4 Å². The minimum absolute atomic E-state index is 0.0723. The van der Waals surface area contributed by atoms with Crippen molar-refractivity contribution in [2.24, 2.45) is 0 Å². The van der Waals surface area contributed by atoms with Gasteiger partial charge in [-0.05, 0) is 60.2 Å². The van der Waals surface area contributed by atoms with Gasteiger partial charge in [0.25, 0.3) is 11.7 Å². The van der Waals surface area contributed by atoms with Crippen LogP contribution in [0.1, 0.15) is 47.7 Å². The van der Waals surface area contributed by atoms with Crippen LogP contribution in [0.4, 0.5) is 0 Å². The first-order valence-corrected chi connectivity index (χ1v) is 12.2. The highest BCUT2D eigenvalue weighted by atomic mass is 16.5. The normalized spacial score (nSPS) is 20.7. The van der Waals surface area contributed by atoms with Crippen molar-refractivity contribution in [2.45, 2.75) is 45.3 Å². The number of aliphatic hydroxyl groups excluding tert-OH is 1. The molecule has 0 radical (unpaired) electrons. The highest BCUT2D eigenvalue weighted by Gasteiger charge is 2.45. The Morgan fingerprint density at radius 3 is 2.46 bits per heavy atom. The third-order valence-corrected chi connectivity index (χ3v) is 6.90. The first-order valence-electron chi connectivity index (χ1n) is 12.2. The fourth-order valence-corrected chi connectivity index (χ4v) is 5.01. The summed E-state index contributed by atoms with van der Waals surface area (Å²) in [7, 11) is 0. The Hall–Kier alpha value is -3.86. The number of amides is 1. The lowest BCUT2D eigenvalue weighted by molar-refractivity contribution is -0.139. The third-order valence-electron chi connectivity index (χ3n) is 6.90. The smallest absolute Gasteiger partial charge is 0.295 e. The van der Waals surface area contributed by atoms with Crippen molar-refractivity contribution in [2.75, 3.05) is 6.54 Å². The molecule has 2 unspecified atom stereocenters. The van der Waals surface area contributed by atoms with Gasteiger partial charge in [0, 0.05) is 18.5 Å². The number of rotatable bonds is 6. The summed E-state index contributed by atoms with van der Waals surface area (Å²) in [6.45, 7) is 4.46. The van der Waals surface area contributed by atoms with Crippen molar-refractivity contribution in [3.63, 3.8) is 0 Å². The van der Waals surface area contributed by atoms with Gasteiger partial charge in [-0.15, -0.1) is 0 Å². The Labute approximate surface area is 205 Å². The number of carbonyl (C=O) groups excluding carboxylic acids is 2. The number of hydrogen-bond donors (Lipinski definition) is 1. The molecule has 5 rings (SSSR count). The molecule has 1 fully saturated rings. The van der Waals surface area contributed by atoms with E-state index in [1.807, 2.05) is 73.7 Å². The number of ketones is 1. The molecule has 5 nitrogen and oxygen atoms in total. The fraction of sp³-hybridized carbons (Fsp3) is 0.267. The standard InChI is InChI=1S/C30H29NO4/c1-3-20-9-11-22(12-10-20)27-26(28(32)23-13-14-25-24(18-23)17-19(2)35-25)29(33)30(34)31(27)16-15-21-7-5-4-6-8-21/h4-14,18-19,27,32H,3,15-17H2,1-2H3.